The zero-order valence-corrected chi connectivity index (χ0v) is 14.4. The van der Waals surface area contributed by atoms with Crippen LogP contribution >= 0.6 is 12.2 Å². The summed E-state index contributed by atoms with van der Waals surface area (Å²) in [5.74, 6) is 0.0994. The Morgan fingerprint density at radius 1 is 1.33 bits per heavy atom. The number of carbonyl (C=O) groups excluding carboxylic acids is 1. The first-order valence-electron chi connectivity index (χ1n) is 7.20. The molecule has 0 N–H and O–H groups in total. The topological polar surface area (TPSA) is 32.8 Å². The van der Waals surface area contributed by atoms with Crippen LogP contribution in [0.5, 0.6) is 0 Å². The van der Waals surface area contributed by atoms with Gasteiger partial charge in [-0.15, -0.1) is 0 Å². The van der Waals surface area contributed by atoms with Crippen molar-refractivity contribution in [3.8, 4) is 0 Å². The summed E-state index contributed by atoms with van der Waals surface area (Å²) in [5, 5.41) is 0. The van der Waals surface area contributed by atoms with Gasteiger partial charge in [0.2, 0.25) is 0 Å². The van der Waals surface area contributed by atoms with Crippen molar-refractivity contribution in [3.63, 3.8) is 0 Å². The molecule has 0 heterocycles. The van der Waals surface area contributed by atoms with E-state index < -0.39 is 0 Å². The van der Waals surface area contributed by atoms with Gasteiger partial charge in [-0.25, -0.2) is 4.31 Å². The van der Waals surface area contributed by atoms with Crippen LogP contribution in [0.25, 0.3) is 0 Å². The Bertz CT molecular complexity index is 452. The maximum Gasteiger partial charge on any atom is 0.159 e. The average molecular weight is 310 g/mol. The lowest BCUT2D eigenvalue weighted by atomic mass is 10.1. The van der Waals surface area contributed by atoms with Gasteiger partial charge in [0, 0.05) is 31.2 Å². The van der Waals surface area contributed by atoms with Gasteiger partial charge in [0.25, 0.3) is 0 Å². The Hall–Kier alpha value is -0.880. The van der Waals surface area contributed by atoms with E-state index in [1.54, 1.807) is 14.0 Å². The maximum absolute atomic E-state index is 11.4. The Morgan fingerprint density at radius 2 is 2.05 bits per heavy atom. The van der Waals surface area contributed by atoms with Crippen LogP contribution < -0.4 is 0 Å². The molecular weight excluding hydrogens is 284 g/mol. The van der Waals surface area contributed by atoms with Crippen LogP contribution in [0.15, 0.2) is 24.3 Å². The molecule has 1 aromatic carbocycles. The molecule has 0 radical (unpaired) electrons. The highest BCUT2D eigenvalue weighted by Crippen LogP contribution is 2.16. The van der Waals surface area contributed by atoms with Gasteiger partial charge in [0.05, 0.1) is 19.3 Å². The van der Waals surface area contributed by atoms with Gasteiger partial charge in [0.15, 0.2) is 5.78 Å². The number of rotatable bonds is 9. The van der Waals surface area contributed by atoms with E-state index in [-0.39, 0.29) is 5.78 Å². The average Bonchev–Trinajstić information content (AvgIpc) is 2.44. The van der Waals surface area contributed by atoms with Gasteiger partial charge in [-0.2, -0.15) is 0 Å². The number of hydrogen-bond donors (Lipinski definition) is 0. The second-order valence-corrected chi connectivity index (χ2v) is 6.43. The molecule has 1 aromatic rings. The van der Waals surface area contributed by atoms with E-state index >= 15 is 0 Å². The monoisotopic (exact) mass is 310 g/mol. The largest absolute Gasteiger partial charge is 0.304 e. The van der Waals surface area contributed by atoms with E-state index in [0.29, 0.717) is 6.04 Å². The third-order valence-corrected chi connectivity index (χ3v) is 4.13. The van der Waals surface area contributed by atoms with E-state index in [4.69, 9.17) is 4.18 Å². The second-order valence-electron chi connectivity index (χ2n) is 5.44. The SMILES string of the molecule is COSN(CCN(C)C(C)C)Cc1cccc(C(C)=O)c1. The molecule has 0 bridgehead atoms. The molecule has 118 valence electrons. The van der Waals surface area contributed by atoms with Crippen molar-refractivity contribution >= 4 is 18.0 Å². The van der Waals surface area contributed by atoms with Crippen molar-refractivity contribution in [2.75, 3.05) is 27.2 Å². The molecule has 0 saturated heterocycles. The summed E-state index contributed by atoms with van der Waals surface area (Å²) in [6.45, 7) is 8.59. The minimum absolute atomic E-state index is 0.0994. The van der Waals surface area contributed by atoms with Crippen LogP contribution in [0.2, 0.25) is 0 Å². The number of nitrogens with zero attached hydrogens (tertiary/aromatic N) is 2. The number of ketones is 1. The molecule has 5 heteroatoms. The molecule has 0 aliphatic heterocycles. The summed E-state index contributed by atoms with van der Waals surface area (Å²) >= 11 is 1.36. The van der Waals surface area contributed by atoms with E-state index in [9.17, 15) is 4.79 Å². The first-order chi connectivity index (χ1) is 9.93. The molecular formula is C16H26N2O2S. The van der Waals surface area contributed by atoms with E-state index in [1.807, 2.05) is 24.3 Å². The Balaban J connectivity index is 2.65. The lowest BCUT2D eigenvalue weighted by molar-refractivity contribution is 0.101. The van der Waals surface area contributed by atoms with Gasteiger partial charge >= 0.3 is 0 Å². The Kier molecular flexibility index (Phi) is 7.96. The molecule has 0 spiro atoms. The first kappa shape index (κ1) is 18.2. The van der Waals surface area contributed by atoms with Crippen LogP contribution in [0, 0.1) is 0 Å². The number of likely N-dealkylation sites (N-methyl/N-ethyl adjacent to an activating group) is 1. The molecule has 0 saturated carbocycles. The quantitative estimate of drug-likeness (QED) is 0.397. The Morgan fingerprint density at radius 3 is 2.62 bits per heavy atom. The normalized spacial score (nSPS) is 11.6. The van der Waals surface area contributed by atoms with Crippen molar-refractivity contribution in [2.24, 2.45) is 0 Å². The predicted molar refractivity (Wildman–Crippen MR) is 89.2 cm³/mol. The zero-order chi connectivity index (χ0) is 15.8. The molecule has 4 nitrogen and oxygen atoms in total. The van der Waals surface area contributed by atoms with Crippen LogP contribution in [0.1, 0.15) is 36.7 Å². The number of Topliss-reactive ketones (excluding diaryl/α,β-unsaturated/α-hetero) is 1. The van der Waals surface area contributed by atoms with Gasteiger partial charge < -0.3 is 9.08 Å². The van der Waals surface area contributed by atoms with Crippen LogP contribution in [0.3, 0.4) is 0 Å². The summed E-state index contributed by atoms with van der Waals surface area (Å²) in [4.78, 5) is 13.7. The summed E-state index contributed by atoms with van der Waals surface area (Å²) in [7, 11) is 3.80. The second kappa shape index (κ2) is 9.20. The van der Waals surface area contributed by atoms with E-state index in [1.165, 1.54) is 12.2 Å². The molecule has 1 rings (SSSR count). The summed E-state index contributed by atoms with van der Waals surface area (Å²) in [6, 6.07) is 8.31. The van der Waals surface area contributed by atoms with Gasteiger partial charge in [-0.1, -0.05) is 18.2 Å². The van der Waals surface area contributed by atoms with Crippen molar-refractivity contribution in [3.05, 3.63) is 35.4 Å². The highest BCUT2D eigenvalue weighted by atomic mass is 32.2. The maximum atomic E-state index is 11.4. The number of benzene rings is 1. The van der Waals surface area contributed by atoms with Crippen LogP contribution in [0.4, 0.5) is 0 Å². The lowest BCUT2D eigenvalue weighted by Crippen LogP contribution is -2.33. The standard InChI is InChI=1S/C16H26N2O2S/c1-13(2)17(4)9-10-18(21-20-5)12-15-7-6-8-16(11-15)14(3)19/h6-8,11,13H,9-10,12H2,1-5H3. The van der Waals surface area contributed by atoms with Gasteiger partial charge in [-0.05, 0) is 39.4 Å². The van der Waals surface area contributed by atoms with Crippen molar-refractivity contribution in [1.29, 1.82) is 0 Å². The lowest BCUT2D eigenvalue weighted by Gasteiger charge is -2.25. The molecule has 0 fully saturated rings. The fraction of sp³-hybridized carbons (Fsp3) is 0.562. The van der Waals surface area contributed by atoms with E-state index in [2.05, 4.69) is 30.1 Å². The van der Waals surface area contributed by atoms with Crippen molar-refractivity contribution in [1.82, 2.24) is 9.21 Å². The molecule has 0 amide bonds. The molecule has 0 aliphatic rings. The van der Waals surface area contributed by atoms with Crippen molar-refractivity contribution in [2.45, 2.75) is 33.4 Å². The fourth-order valence-corrected chi connectivity index (χ4v) is 2.44. The fourth-order valence-electron chi connectivity index (χ4n) is 1.87. The van der Waals surface area contributed by atoms with Gasteiger partial charge in [-0.3, -0.25) is 4.79 Å². The summed E-state index contributed by atoms with van der Waals surface area (Å²) < 4.78 is 7.37. The van der Waals surface area contributed by atoms with Crippen LogP contribution in [-0.2, 0) is 10.7 Å². The molecule has 21 heavy (non-hydrogen) atoms. The summed E-state index contributed by atoms with van der Waals surface area (Å²) in [5.41, 5.74) is 1.88. The predicted octanol–water partition coefficient (Wildman–Crippen LogP) is 3.24. The number of carbonyl (C=O) groups is 1. The highest BCUT2D eigenvalue weighted by molar-refractivity contribution is 7.92. The zero-order valence-electron chi connectivity index (χ0n) is 13.6. The third-order valence-electron chi connectivity index (χ3n) is 3.46. The van der Waals surface area contributed by atoms with E-state index in [0.717, 1.165) is 30.8 Å². The number of hydrogen-bond acceptors (Lipinski definition) is 5. The minimum atomic E-state index is 0.0994. The Labute approximate surface area is 132 Å². The smallest absolute Gasteiger partial charge is 0.159 e. The first-order valence-corrected chi connectivity index (χ1v) is 7.89. The van der Waals surface area contributed by atoms with Gasteiger partial charge in [0.1, 0.15) is 0 Å². The van der Waals surface area contributed by atoms with Crippen molar-refractivity contribution < 1.29 is 8.98 Å². The van der Waals surface area contributed by atoms with Crippen LogP contribution in [-0.4, -0.2) is 48.3 Å². The third kappa shape index (κ3) is 6.61. The highest BCUT2D eigenvalue weighted by Gasteiger charge is 2.11. The molecule has 0 atom stereocenters. The molecule has 0 aliphatic carbocycles. The molecule has 0 aromatic heterocycles. The minimum Gasteiger partial charge on any atom is -0.304 e. The molecule has 0 unspecified atom stereocenters. The summed E-state index contributed by atoms with van der Waals surface area (Å²) in [6.07, 6.45) is 0.